The van der Waals surface area contributed by atoms with E-state index in [1.807, 2.05) is 6.07 Å². The van der Waals surface area contributed by atoms with Gasteiger partial charge in [-0.15, -0.1) is 0 Å². The van der Waals surface area contributed by atoms with E-state index in [0.29, 0.717) is 22.5 Å². The molecule has 3 N–H and O–H groups in total. The van der Waals surface area contributed by atoms with Crippen molar-refractivity contribution in [3.05, 3.63) is 95.6 Å². The minimum atomic E-state index is -1.04. The zero-order valence-corrected chi connectivity index (χ0v) is 14.2. The summed E-state index contributed by atoms with van der Waals surface area (Å²) in [5.74, 6) is -1.77. The summed E-state index contributed by atoms with van der Waals surface area (Å²) in [6, 6.07) is 21.2. The van der Waals surface area contributed by atoms with Gasteiger partial charge in [-0.3, -0.25) is 9.59 Å². The van der Waals surface area contributed by atoms with Crippen LogP contribution < -0.4 is 10.6 Å². The summed E-state index contributed by atoms with van der Waals surface area (Å²) in [6.07, 6.45) is 0. The Balaban J connectivity index is 1.77. The van der Waals surface area contributed by atoms with Gasteiger partial charge in [-0.2, -0.15) is 0 Å². The van der Waals surface area contributed by atoms with E-state index in [2.05, 4.69) is 10.6 Å². The molecule has 0 heterocycles. The summed E-state index contributed by atoms with van der Waals surface area (Å²) < 4.78 is 0. The maximum absolute atomic E-state index is 12.6. The van der Waals surface area contributed by atoms with Crippen molar-refractivity contribution < 1.29 is 19.5 Å². The molecule has 3 aromatic rings. The zero-order valence-electron chi connectivity index (χ0n) is 14.2. The van der Waals surface area contributed by atoms with Gasteiger partial charge in [0.2, 0.25) is 0 Å². The minimum absolute atomic E-state index is 0.128. The average Bonchev–Trinajstić information content (AvgIpc) is 2.69. The number of carbonyl (C=O) groups is 3. The van der Waals surface area contributed by atoms with Crippen molar-refractivity contribution in [2.75, 3.05) is 10.6 Å². The van der Waals surface area contributed by atoms with E-state index in [-0.39, 0.29) is 11.5 Å². The molecule has 0 saturated heterocycles. The standard InChI is InChI=1S/C21H16N2O4/c24-19(14-6-2-1-3-7-14)23-18-9-5-4-8-17(18)20(25)22-16-12-10-15(11-13-16)21(26)27/h1-13H,(H,22,25)(H,23,24)(H,26,27). The molecule has 0 aromatic heterocycles. The van der Waals surface area contributed by atoms with Crippen LogP contribution in [-0.2, 0) is 0 Å². The van der Waals surface area contributed by atoms with Crippen molar-refractivity contribution >= 4 is 29.2 Å². The molecule has 0 spiro atoms. The summed E-state index contributed by atoms with van der Waals surface area (Å²) in [5.41, 5.74) is 1.74. The Morgan fingerprint density at radius 1 is 0.630 bits per heavy atom. The number of anilines is 2. The fourth-order valence-electron chi connectivity index (χ4n) is 2.47. The lowest BCUT2D eigenvalue weighted by Crippen LogP contribution is -2.18. The average molecular weight is 360 g/mol. The van der Waals surface area contributed by atoms with E-state index in [1.54, 1.807) is 48.5 Å². The topological polar surface area (TPSA) is 95.5 Å². The van der Waals surface area contributed by atoms with Crippen molar-refractivity contribution in [1.29, 1.82) is 0 Å². The first-order valence-corrected chi connectivity index (χ1v) is 8.15. The number of rotatable bonds is 5. The molecule has 134 valence electrons. The largest absolute Gasteiger partial charge is 0.478 e. The molecule has 0 unspecified atom stereocenters. The van der Waals surface area contributed by atoms with Crippen LogP contribution >= 0.6 is 0 Å². The normalized spacial score (nSPS) is 10.1. The van der Waals surface area contributed by atoms with Gasteiger partial charge in [-0.1, -0.05) is 30.3 Å². The minimum Gasteiger partial charge on any atom is -0.478 e. The number of benzene rings is 3. The Bertz CT molecular complexity index is 983. The van der Waals surface area contributed by atoms with E-state index in [9.17, 15) is 14.4 Å². The smallest absolute Gasteiger partial charge is 0.335 e. The number of carbonyl (C=O) groups excluding carboxylic acids is 2. The molecule has 0 radical (unpaired) electrons. The van der Waals surface area contributed by atoms with E-state index in [4.69, 9.17) is 5.11 Å². The second-order valence-corrected chi connectivity index (χ2v) is 5.70. The molecule has 27 heavy (non-hydrogen) atoms. The molecule has 0 fully saturated rings. The monoisotopic (exact) mass is 360 g/mol. The third-order valence-electron chi connectivity index (χ3n) is 3.85. The zero-order chi connectivity index (χ0) is 19.2. The molecule has 6 nitrogen and oxygen atoms in total. The number of para-hydroxylation sites is 1. The van der Waals surface area contributed by atoms with Gasteiger partial charge in [0, 0.05) is 11.3 Å². The van der Waals surface area contributed by atoms with Gasteiger partial charge in [-0.25, -0.2) is 4.79 Å². The maximum Gasteiger partial charge on any atom is 0.335 e. The van der Waals surface area contributed by atoms with Crippen molar-refractivity contribution in [3.63, 3.8) is 0 Å². The summed E-state index contributed by atoms with van der Waals surface area (Å²) in [5, 5.41) is 14.4. The number of carboxylic acid groups (broad SMARTS) is 1. The van der Waals surface area contributed by atoms with Crippen LogP contribution in [0.5, 0.6) is 0 Å². The molecule has 3 aromatic carbocycles. The lowest BCUT2D eigenvalue weighted by atomic mass is 10.1. The number of aromatic carboxylic acids is 1. The van der Waals surface area contributed by atoms with Crippen molar-refractivity contribution in [2.45, 2.75) is 0 Å². The summed E-state index contributed by atoms with van der Waals surface area (Å²) in [7, 11) is 0. The van der Waals surface area contributed by atoms with Gasteiger partial charge in [0.1, 0.15) is 0 Å². The van der Waals surface area contributed by atoms with Crippen LogP contribution in [0.2, 0.25) is 0 Å². The first-order valence-electron chi connectivity index (χ1n) is 8.15. The van der Waals surface area contributed by atoms with Gasteiger partial charge in [0.15, 0.2) is 0 Å². The van der Waals surface area contributed by atoms with Crippen LogP contribution in [0.15, 0.2) is 78.9 Å². The van der Waals surface area contributed by atoms with Gasteiger partial charge in [0.25, 0.3) is 11.8 Å². The van der Waals surface area contributed by atoms with Crippen LogP contribution in [0.1, 0.15) is 31.1 Å². The molecule has 2 amide bonds. The van der Waals surface area contributed by atoms with E-state index in [1.165, 1.54) is 24.3 Å². The Hall–Kier alpha value is -3.93. The number of carboxylic acids is 1. The molecule has 0 aliphatic rings. The predicted molar refractivity (Wildman–Crippen MR) is 102 cm³/mol. The SMILES string of the molecule is O=C(O)c1ccc(NC(=O)c2ccccc2NC(=O)c2ccccc2)cc1. The maximum atomic E-state index is 12.6. The molecular formula is C21H16N2O4. The third kappa shape index (κ3) is 4.38. The molecule has 0 atom stereocenters. The van der Waals surface area contributed by atoms with Crippen LogP contribution in [0.3, 0.4) is 0 Å². The summed E-state index contributed by atoms with van der Waals surface area (Å²) in [6.45, 7) is 0. The van der Waals surface area contributed by atoms with Crippen molar-refractivity contribution in [3.8, 4) is 0 Å². The molecule has 3 rings (SSSR count). The lowest BCUT2D eigenvalue weighted by molar-refractivity contribution is 0.0696. The molecule has 0 bridgehead atoms. The molecule has 0 aliphatic carbocycles. The molecular weight excluding hydrogens is 344 g/mol. The van der Waals surface area contributed by atoms with Crippen molar-refractivity contribution in [2.24, 2.45) is 0 Å². The first kappa shape index (κ1) is 17.9. The highest BCUT2D eigenvalue weighted by Crippen LogP contribution is 2.19. The molecule has 6 heteroatoms. The highest BCUT2D eigenvalue weighted by molar-refractivity contribution is 6.12. The number of nitrogens with one attached hydrogen (secondary N) is 2. The predicted octanol–water partition coefficient (Wildman–Crippen LogP) is 3.89. The van der Waals surface area contributed by atoms with Crippen LogP contribution in [0.4, 0.5) is 11.4 Å². The van der Waals surface area contributed by atoms with E-state index in [0.717, 1.165) is 0 Å². The second-order valence-electron chi connectivity index (χ2n) is 5.70. The number of hydrogen-bond acceptors (Lipinski definition) is 3. The molecule has 0 aliphatic heterocycles. The van der Waals surface area contributed by atoms with Gasteiger partial charge < -0.3 is 15.7 Å². The highest BCUT2D eigenvalue weighted by atomic mass is 16.4. The Morgan fingerprint density at radius 2 is 1.26 bits per heavy atom. The van der Waals surface area contributed by atoms with Gasteiger partial charge in [-0.05, 0) is 48.5 Å². The lowest BCUT2D eigenvalue weighted by Gasteiger charge is -2.11. The van der Waals surface area contributed by atoms with E-state index >= 15 is 0 Å². The van der Waals surface area contributed by atoms with Gasteiger partial charge in [0.05, 0.1) is 16.8 Å². The fraction of sp³-hybridized carbons (Fsp3) is 0. The number of amides is 2. The summed E-state index contributed by atoms with van der Waals surface area (Å²) in [4.78, 5) is 35.8. The van der Waals surface area contributed by atoms with Crippen molar-refractivity contribution in [1.82, 2.24) is 0 Å². The number of hydrogen-bond donors (Lipinski definition) is 3. The van der Waals surface area contributed by atoms with Gasteiger partial charge >= 0.3 is 5.97 Å². The van der Waals surface area contributed by atoms with Crippen LogP contribution in [0, 0.1) is 0 Å². The Morgan fingerprint density at radius 3 is 1.93 bits per heavy atom. The first-order chi connectivity index (χ1) is 13.0. The summed E-state index contributed by atoms with van der Waals surface area (Å²) >= 11 is 0. The fourth-order valence-corrected chi connectivity index (χ4v) is 2.47. The van der Waals surface area contributed by atoms with Crippen LogP contribution in [-0.4, -0.2) is 22.9 Å². The van der Waals surface area contributed by atoms with Crippen LogP contribution in [0.25, 0.3) is 0 Å². The van der Waals surface area contributed by atoms with E-state index < -0.39 is 11.9 Å². The third-order valence-corrected chi connectivity index (χ3v) is 3.85. The highest BCUT2D eigenvalue weighted by Gasteiger charge is 2.14. The molecule has 0 saturated carbocycles. The second kappa shape index (κ2) is 7.97. The Kier molecular flexibility index (Phi) is 5.28. The Labute approximate surface area is 155 Å². The quantitative estimate of drug-likeness (QED) is 0.643.